The minimum Gasteiger partial charge on any atom is -0.454 e. The lowest BCUT2D eigenvalue weighted by atomic mass is 10.1. The number of carbonyl (C=O) groups excluding carboxylic acids is 2. The van der Waals surface area contributed by atoms with Crippen molar-refractivity contribution < 1.29 is 28.9 Å². The van der Waals surface area contributed by atoms with E-state index < -0.39 is 30.4 Å². The quantitative estimate of drug-likeness (QED) is 0.515. The van der Waals surface area contributed by atoms with Gasteiger partial charge in [-0.25, -0.2) is 4.79 Å². The molecule has 2 saturated heterocycles. The lowest BCUT2D eigenvalue weighted by Crippen LogP contribution is -2.33. The Labute approximate surface area is 98.1 Å². The molecule has 2 fully saturated rings. The zero-order valence-corrected chi connectivity index (χ0v) is 9.37. The largest absolute Gasteiger partial charge is 0.454 e. The van der Waals surface area contributed by atoms with Crippen LogP contribution < -0.4 is 0 Å². The first-order valence-corrected chi connectivity index (χ1v) is 5.38. The highest BCUT2D eigenvalue weighted by Crippen LogP contribution is 2.28. The molecule has 0 aromatic carbocycles. The van der Waals surface area contributed by atoms with Gasteiger partial charge in [0.1, 0.15) is 18.3 Å². The second kappa shape index (κ2) is 4.95. The topological polar surface area (TPSA) is 82.1 Å². The second-order valence-corrected chi connectivity index (χ2v) is 4.08. The van der Waals surface area contributed by atoms with E-state index in [1.165, 1.54) is 6.92 Å². The number of allylic oxidation sites excluding steroid dienone is 1. The average Bonchev–Trinajstić information content (AvgIpc) is 2.81. The van der Waals surface area contributed by atoms with Crippen molar-refractivity contribution in [2.75, 3.05) is 13.2 Å². The van der Waals surface area contributed by atoms with Gasteiger partial charge in [0.2, 0.25) is 0 Å². The number of ether oxygens (including phenoxy) is 3. The van der Waals surface area contributed by atoms with E-state index in [9.17, 15) is 14.7 Å². The number of aliphatic hydroxyl groups excluding tert-OH is 1. The molecule has 1 N–H and O–H groups in total. The van der Waals surface area contributed by atoms with Gasteiger partial charge in [0, 0.05) is 6.08 Å². The van der Waals surface area contributed by atoms with E-state index in [-0.39, 0.29) is 19.0 Å². The number of ketones is 1. The molecule has 0 bridgehead atoms. The Morgan fingerprint density at radius 2 is 1.94 bits per heavy atom. The third-order valence-electron chi connectivity index (χ3n) is 2.70. The second-order valence-electron chi connectivity index (χ2n) is 4.08. The molecule has 6 heteroatoms. The van der Waals surface area contributed by atoms with Gasteiger partial charge in [0.25, 0.3) is 0 Å². The summed E-state index contributed by atoms with van der Waals surface area (Å²) in [5.74, 6) is -0.838. The van der Waals surface area contributed by atoms with Crippen LogP contribution in [-0.2, 0) is 23.8 Å². The van der Waals surface area contributed by atoms with Crippen molar-refractivity contribution in [3.8, 4) is 0 Å². The zero-order valence-electron chi connectivity index (χ0n) is 9.37. The average molecular weight is 242 g/mol. The van der Waals surface area contributed by atoms with E-state index >= 15 is 0 Å². The van der Waals surface area contributed by atoms with Gasteiger partial charge in [-0.1, -0.05) is 0 Å². The van der Waals surface area contributed by atoms with Gasteiger partial charge < -0.3 is 19.3 Å². The number of hydrogen-bond donors (Lipinski definition) is 1. The highest BCUT2D eigenvalue weighted by Gasteiger charge is 2.48. The molecular formula is C11H14O6. The van der Waals surface area contributed by atoms with Gasteiger partial charge in [-0.15, -0.1) is 0 Å². The van der Waals surface area contributed by atoms with Crippen molar-refractivity contribution >= 4 is 11.8 Å². The van der Waals surface area contributed by atoms with Crippen molar-refractivity contribution in [3.05, 3.63) is 12.2 Å². The lowest BCUT2D eigenvalue weighted by molar-refractivity contribution is -0.147. The van der Waals surface area contributed by atoms with E-state index in [1.807, 2.05) is 0 Å². The van der Waals surface area contributed by atoms with Crippen LogP contribution in [0, 0.1) is 0 Å². The molecule has 0 aliphatic carbocycles. The van der Waals surface area contributed by atoms with Crippen molar-refractivity contribution in [1.82, 2.24) is 0 Å². The highest BCUT2D eigenvalue weighted by atomic mass is 16.6. The van der Waals surface area contributed by atoms with Crippen LogP contribution in [0.25, 0.3) is 0 Å². The van der Waals surface area contributed by atoms with Crippen molar-refractivity contribution in [3.63, 3.8) is 0 Å². The molecule has 2 aliphatic rings. The summed E-state index contributed by atoms with van der Waals surface area (Å²) in [6.45, 7) is 1.73. The van der Waals surface area contributed by atoms with Crippen LogP contribution in [-0.4, -0.2) is 54.5 Å². The van der Waals surface area contributed by atoms with E-state index in [1.54, 1.807) is 0 Å². The summed E-state index contributed by atoms with van der Waals surface area (Å²) in [7, 11) is 0. The molecule has 17 heavy (non-hydrogen) atoms. The number of carbonyl (C=O) groups is 2. The number of esters is 1. The van der Waals surface area contributed by atoms with Crippen molar-refractivity contribution in [1.29, 1.82) is 0 Å². The SMILES string of the molecule is CC(=O)/C=C/C(=O)O[C@H]1CO[C@H]2[C@@H]1OC[C@H]2O. The molecule has 0 aromatic rings. The van der Waals surface area contributed by atoms with Crippen molar-refractivity contribution in [2.45, 2.75) is 31.3 Å². The Hall–Kier alpha value is -1.24. The monoisotopic (exact) mass is 242 g/mol. The first-order chi connectivity index (χ1) is 8.08. The molecule has 0 saturated carbocycles. The Morgan fingerprint density at radius 1 is 1.24 bits per heavy atom. The van der Waals surface area contributed by atoms with Gasteiger partial charge in [-0.3, -0.25) is 4.79 Å². The van der Waals surface area contributed by atoms with Crippen molar-refractivity contribution in [2.24, 2.45) is 0 Å². The van der Waals surface area contributed by atoms with Gasteiger partial charge in [0.15, 0.2) is 11.9 Å². The highest BCUT2D eigenvalue weighted by molar-refractivity contribution is 5.94. The minimum atomic E-state index is -0.670. The van der Waals surface area contributed by atoms with Gasteiger partial charge in [0.05, 0.1) is 13.2 Å². The number of aliphatic hydroxyl groups is 1. The first-order valence-electron chi connectivity index (χ1n) is 5.38. The van der Waals surface area contributed by atoms with E-state index in [4.69, 9.17) is 14.2 Å². The van der Waals surface area contributed by atoms with Gasteiger partial charge in [-0.05, 0) is 13.0 Å². The molecule has 4 atom stereocenters. The molecule has 0 aromatic heterocycles. The first kappa shape index (κ1) is 12.2. The lowest BCUT2D eigenvalue weighted by Gasteiger charge is -2.15. The van der Waals surface area contributed by atoms with Crippen LogP contribution in [0.5, 0.6) is 0 Å². The predicted molar refractivity (Wildman–Crippen MR) is 55.2 cm³/mol. The normalized spacial score (nSPS) is 36.1. The summed E-state index contributed by atoms with van der Waals surface area (Å²) >= 11 is 0. The van der Waals surface area contributed by atoms with Crippen LogP contribution >= 0.6 is 0 Å². The van der Waals surface area contributed by atoms with Gasteiger partial charge >= 0.3 is 5.97 Å². The summed E-state index contributed by atoms with van der Waals surface area (Å²) in [5.41, 5.74) is 0. The van der Waals surface area contributed by atoms with Crippen LogP contribution in [0.4, 0.5) is 0 Å². The smallest absolute Gasteiger partial charge is 0.331 e. The fraction of sp³-hybridized carbons (Fsp3) is 0.636. The molecule has 0 spiro atoms. The van der Waals surface area contributed by atoms with Crippen LogP contribution in [0.2, 0.25) is 0 Å². The van der Waals surface area contributed by atoms with E-state index in [0.29, 0.717) is 0 Å². The summed E-state index contributed by atoms with van der Waals surface area (Å²) < 4.78 is 15.7. The molecule has 2 heterocycles. The fourth-order valence-electron chi connectivity index (χ4n) is 1.92. The Morgan fingerprint density at radius 3 is 2.65 bits per heavy atom. The molecule has 2 rings (SSSR count). The van der Waals surface area contributed by atoms with Gasteiger partial charge in [-0.2, -0.15) is 0 Å². The summed E-state index contributed by atoms with van der Waals surface area (Å²) in [5, 5.41) is 9.48. The summed E-state index contributed by atoms with van der Waals surface area (Å²) in [4.78, 5) is 22.0. The third kappa shape index (κ3) is 2.71. The van der Waals surface area contributed by atoms with Crippen LogP contribution in [0.15, 0.2) is 12.2 Å². The third-order valence-corrected chi connectivity index (χ3v) is 2.70. The minimum absolute atomic E-state index is 0.187. The molecule has 0 unspecified atom stereocenters. The van der Waals surface area contributed by atoms with E-state index in [2.05, 4.69) is 0 Å². The zero-order chi connectivity index (χ0) is 12.4. The summed E-state index contributed by atoms with van der Waals surface area (Å²) in [6.07, 6.45) is 0.170. The van der Waals surface area contributed by atoms with Crippen LogP contribution in [0.3, 0.4) is 0 Å². The predicted octanol–water partition coefficient (Wildman–Crippen LogP) is -0.798. The number of hydrogen-bond acceptors (Lipinski definition) is 6. The van der Waals surface area contributed by atoms with E-state index in [0.717, 1.165) is 12.2 Å². The molecule has 0 radical (unpaired) electrons. The number of rotatable bonds is 3. The maximum absolute atomic E-state index is 11.3. The molecule has 94 valence electrons. The summed E-state index contributed by atoms with van der Waals surface area (Å²) in [6, 6.07) is 0. The Bertz CT molecular complexity index is 350. The Kier molecular flexibility index (Phi) is 3.56. The Balaban J connectivity index is 1.88. The maximum Gasteiger partial charge on any atom is 0.331 e. The molecule has 6 nitrogen and oxygen atoms in total. The standard InChI is InChI=1S/C11H14O6/c1-6(12)2-3-9(14)17-8-5-16-10-7(13)4-15-11(8)10/h2-3,7-8,10-11,13H,4-5H2,1H3/b3-2+/t7-,8+,10-,11-/m1/s1. The maximum atomic E-state index is 11.3. The fourth-order valence-corrected chi connectivity index (χ4v) is 1.92. The molecular weight excluding hydrogens is 228 g/mol. The molecule has 0 amide bonds. The molecule has 2 aliphatic heterocycles. The van der Waals surface area contributed by atoms with Crippen LogP contribution in [0.1, 0.15) is 6.92 Å². The number of fused-ring (bicyclic) bond motifs is 1.